The zero-order valence-electron chi connectivity index (χ0n) is 15.3. The summed E-state index contributed by atoms with van der Waals surface area (Å²) in [5.41, 5.74) is 1.11. The Kier molecular flexibility index (Phi) is 6.45. The molecule has 0 unspecified atom stereocenters. The van der Waals surface area contributed by atoms with Crippen molar-refractivity contribution >= 4 is 23.2 Å². The SMILES string of the molecule is CCCC(=O)N(CC(=O)N(Cc1ccccc1)Cc1cccs1)C1CC1. The number of carbonyl (C=O) groups excluding carboxylic acids is 2. The van der Waals surface area contributed by atoms with E-state index in [1.807, 2.05) is 53.6 Å². The molecule has 0 saturated heterocycles. The maximum absolute atomic E-state index is 13.1. The number of hydrogen-bond acceptors (Lipinski definition) is 3. The van der Waals surface area contributed by atoms with Crippen molar-refractivity contribution in [3.05, 3.63) is 58.3 Å². The van der Waals surface area contributed by atoms with Gasteiger partial charge in [-0.15, -0.1) is 11.3 Å². The van der Waals surface area contributed by atoms with Crippen molar-refractivity contribution in [2.24, 2.45) is 0 Å². The van der Waals surface area contributed by atoms with E-state index in [0.29, 0.717) is 19.5 Å². The molecular formula is C21H26N2O2S. The molecule has 3 rings (SSSR count). The predicted molar refractivity (Wildman–Crippen MR) is 105 cm³/mol. The summed E-state index contributed by atoms with van der Waals surface area (Å²) in [4.78, 5) is 30.3. The van der Waals surface area contributed by atoms with Crippen molar-refractivity contribution in [3.63, 3.8) is 0 Å². The van der Waals surface area contributed by atoms with Gasteiger partial charge in [-0.1, -0.05) is 43.3 Å². The molecule has 138 valence electrons. The molecule has 4 nitrogen and oxygen atoms in total. The van der Waals surface area contributed by atoms with Gasteiger partial charge >= 0.3 is 0 Å². The minimum Gasteiger partial charge on any atom is -0.332 e. The maximum atomic E-state index is 13.1. The summed E-state index contributed by atoms with van der Waals surface area (Å²) in [6.45, 7) is 3.36. The molecule has 2 aromatic rings. The van der Waals surface area contributed by atoms with E-state index < -0.39 is 0 Å². The van der Waals surface area contributed by atoms with Crippen LogP contribution in [0.2, 0.25) is 0 Å². The highest BCUT2D eigenvalue weighted by molar-refractivity contribution is 7.09. The Morgan fingerprint density at radius 2 is 1.81 bits per heavy atom. The van der Waals surface area contributed by atoms with Crippen molar-refractivity contribution in [2.75, 3.05) is 6.54 Å². The third-order valence-corrected chi connectivity index (χ3v) is 5.43. The Bertz CT molecular complexity index is 711. The molecule has 2 amide bonds. The van der Waals surface area contributed by atoms with E-state index in [-0.39, 0.29) is 24.4 Å². The Balaban J connectivity index is 1.71. The van der Waals surface area contributed by atoms with Crippen LogP contribution in [0.3, 0.4) is 0 Å². The molecule has 1 aliphatic carbocycles. The van der Waals surface area contributed by atoms with E-state index in [2.05, 4.69) is 6.07 Å². The van der Waals surface area contributed by atoms with Gasteiger partial charge < -0.3 is 9.80 Å². The first kappa shape index (κ1) is 18.6. The largest absolute Gasteiger partial charge is 0.332 e. The summed E-state index contributed by atoms with van der Waals surface area (Å²) in [5.74, 6) is 0.137. The average molecular weight is 371 g/mol. The van der Waals surface area contributed by atoms with Gasteiger partial charge in [-0.3, -0.25) is 9.59 Å². The number of amides is 2. The molecule has 0 radical (unpaired) electrons. The lowest BCUT2D eigenvalue weighted by molar-refractivity contribution is -0.141. The third kappa shape index (κ3) is 5.18. The monoisotopic (exact) mass is 370 g/mol. The molecular weight excluding hydrogens is 344 g/mol. The molecule has 1 aliphatic rings. The molecule has 1 aromatic carbocycles. The Morgan fingerprint density at radius 3 is 2.42 bits per heavy atom. The molecule has 1 saturated carbocycles. The lowest BCUT2D eigenvalue weighted by Gasteiger charge is -2.27. The van der Waals surface area contributed by atoms with Gasteiger partial charge in [-0.05, 0) is 36.3 Å². The van der Waals surface area contributed by atoms with Gasteiger partial charge in [0.15, 0.2) is 0 Å². The molecule has 1 aromatic heterocycles. The van der Waals surface area contributed by atoms with Crippen LogP contribution in [0.4, 0.5) is 0 Å². The maximum Gasteiger partial charge on any atom is 0.242 e. The van der Waals surface area contributed by atoms with Crippen molar-refractivity contribution in [2.45, 2.75) is 51.7 Å². The molecule has 0 bridgehead atoms. The standard InChI is InChI=1S/C21H26N2O2S/c1-2-7-20(24)23(18-11-12-18)16-21(25)22(15-19-10-6-13-26-19)14-17-8-4-3-5-9-17/h3-6,8-10,13,18H,2,7,11-12,14-16H2,1H3. The van der Waals surface area contributed by atoms with E-state index in [4.69, 9.17) is 0 Å². The summed E-state index contributed by atoms with van der Waals surface area (Å²) in [7, 11) is 0. The summed E-state index contributed by atoms with van der Waals surface area (Å²) in [6, 6.07) is 14.4. The fourth-order valence-electron chi connectivity index (χ4n) is 3.04. The van der Waals surface area contributed by atoms with E-state index >= 15 is 0 Å². The minimum absolute atomic E-state index is 0.0265. The smallest absolute Gasteiger partial charge is 0.242 e. The summed E-state index contributed by atoms with van der Waals surface area (Å²) >= 11 is 1.66. The van der Waals surface area contributed by atoms with E-state index in [1.54, 1.807) is 16.2 Å². The fraction of sp³-hybridized carbons (Fsp3) is 0.429. The van der Waals surface area contributed by atoms with Gasteiger partial charge in [0.1, 0.15) is 6.54 Å². The Hall–Kier alpha value is -2.14. The molecule has 0 spiro atoms. The zero-order valence-corrected chi connectivity index (χ0v) is 16.1. The van der Waals surface area contributed by atoms with Crippen LogP contribution in [0.15, 0.2) is 47.8 Å². The van der Waals surface area contributed by atoms with Crippen LogP contribution in [0.5, 0.6) is 0 Å². The minimum atomic E-state index is 0.0265. The quantitative estimate of drug-likeness (QED) is 0.668. The lowest BCUT2D eigenvalue weighted by atomic mass is 10.2. The van der Waals surface area contributed by atoms with Crippen LogP contribution in [-0.2, 0) is 22.7 Å². The number of rotatable bonds is 9. The lowest BCUT2D eigenvalue weighted by Crippen LogP contribution is -2.43. The molecule has 0 N–H and O–H groups in total. The third-order valence-electron chi connectivity index (χ3n) is 4.57. The van der Waals surface area contributed by atoms with Crippen LogP contribution in [-0.4, -0.2) is 34.2 Å². The number of nitrogens with zero attached hydrogens (tertiary/aromatic N) is 2. The molecule has 0 atom stereocenters. The van der Waals surface area contributed by atoms with Crippen molar-refractivity contribution < 1.29 is 9.59 Å². The van der Waals surface area contributed by atoms with Gasteiger partial charge in [-0.25, -0.2) is 0 Å². The molecule has 26 heavy (non-hydrogen) atoms. The van der Waals surface area contributed by atoms with Crippen molar-refractivity contribution in [1.29, 1.82) is 0 Å². The summed E-state index contributed by atoms with van der Waals surface area (Å²) in [6.07, 6.45) is 3.38. The molecule has 0 aliphatic heterocycles. The van der Waals surface area contributed by atoms with Gasteiger partial charge in [0.25, 0.3) is 0 Å². The number of benzene rings is 1. The van der Waals surface area contributed by atoms with Gasteiger partial charge in [-0.2, -0.15) is 0 Å². The van der Waals surface area contributed by atoms with E-state index in [0.717, 1.165) is 29.7 Å². The van der Waals surface area contributed by atoms with Crippen LogP contribution >= 0.6 is 11.3 Å². The highest BCUT2D eigenvalue weighted by Gasteiger charge is 2.34. The van der Waals surface area contributed by atoms with Crippen molar-refractivity contribution in [3.8, 4) is 0 Å². The van der Waals surface area contributed by atoms with Crippen LogP contribution < -0.4 is 0 Å². The van der Waals surface area contributed by atoms with Crippen LogP contribution in [0.1, 0.15) is 43.0 Å². The Morgan fingerprint density at radius 1 is 1.04 bits per heavy atom. The molecule has 1 heterocycles. The topological polar surface area (TPSA) is 40.6 Å². The first-order valence-electron chi connectivity index (χ1n) is 9.31. The number of carbonyl (C=O) groups is 2. The highest BCUT2D eigenvalue weighted by Crippen LogP contribution is 2.28. The molecule has 1 fully saturated rings. The number of thiophene rings is 1. The van der Waals surface area contributed by atoms with Crippen LogP contribution in [0.25, 0.3) is 0 Å². The zero-order chi connectivity index (χ0) is 18.4. The Labute approximate surface area is 159 Å². The van der Waals surface area contributed by atoms with Crippen molar-refractivity contribution in [1.82, 2.24) is 9.80 Å². The fourth-order valence-corrected chi connectivity index (χ4v) is 3.76. The highest BCUT2D eigenvalue weighted by atomic mass is 32.1. The second kappa shape index (κ2) is 8.99. The van der Waals surface area contributed by atoms with E-state index in [9.17, 15) is 9.59 Å². The van der Waals surface area contributed by atoms with Gasteiger partial charge in [0.05, 0.1) is 6.54 Å². The number of hydrogen-bond donors (Lipinski definition) is 0. The van der Waals surface area contributed by atoms with Crippen LogP contribution in [0, 0.1) is 0 Å². The second-order valence-corrected chi connectivity index (χ2v) is 7.85. The van der Waals surface area contributed by atoms with Gasteiger partial charge in [0.2, 0.25) is 11.8 Å². The second-order valence-electron chi connectivity index (χ2n) is 6.82. The summed E-state index contributed by atoms with van der Waals surface area (Å²) in [5, 5.41) is 2.03. The first-order valence-corrected chi connectivity index (χ1v) is 10.2. The van der Waals surface area contributed by atoms with Gasteiger partial charge in [0, 0.05) is 23.9 Å². The predicted octanol–water partition coefficient (Wildman–Crippen LogP) is 4.07. The average Bonchev–Trinajstić information content (AvgIpc) is 3.36. The summed E-state index contributed by atoms with van der Waals surface area (Å²) < 4.78 is 0. The normalized spacial score (nSPS) is 13.4. The molecule has 5 heteroatoms. The van der Waals surface area contributed by atoms with E-state index in [1.165, 1.54) is 0 Å². The first-order chi connectivity index (χ1) is 12.7.